The van der Waals surface area contributed by atoms with Gasteiger partial charge in [-0.3, -0.25) is 0 Å². The third-order valence-electron chi connectivity index (χ3n) is 4.78. The van der Waals surface area contributed by atoms with E-state index >= 15 is 0 Å². The van der Waals surface area contributed by atoms with Crippen LogP contribution in [0.4, 0.5) is 0 Å². The van der Waals surface area contributed by atoms with Crippen molar-refractivity contribution in [3.05, 3.63) is 0 Å². The summed E-state index contributed by atoms with van der Waals surface area (Å²) in [6, 6.07) is 0. The van der Waals surface area contributed by atoms with Gasteiger partial charge in [-0.2, -0.15) is 0 Å². The van der Waals surface area contributed by atoms with Crippen LogP contribution in [0.1, 0.15) is 38.5 Å². The zero-order chi connectivity index (χ0) is 14.3. The highest BCUT2D eigenvalue weighted by molar-refractivity contribution is 5.00. The number of unbranched alkanes of at least 4 members (excludes halogenated alkanes) is 1. The molecule has 0 radical (unpaired) electrons. The molecule has 1 heterocycles. The number of rotatable bonds is 11. The smallest absolute Gasteiger partial charge is 0.0672 e. The molecule has 0 spiro atoms. The van der Waals surface area contributed by atoms with Gasteiger partial charge in [-0.05, 0) is 38.0 Å². The summed E-state index contributed by atoms with van der Waals surface area (Å²) in [7, 11) is 3.54. The Labute approximate surface area is 123 Å². The summed E-state index contributed by atoms with van der Waals surface area (Å²) in [6.07, 6.45) is 8.09. The minimum Gasteiger partial charge on any atom is -0.385 e. The van der Waals surface area contributed by atoms with Crippen molar-refractivity contribution in [2.24, 2.45) is 11.3 Å². The van der Waals surface area contributed by atoms with Crippen LogP contribution in [0, 0.1) is 11.3 Å². The molecule has 0 aromatic rings. The summed E-state index contributed by atoms with van der Waals surface area (Å²) in [5.41, 5.74) is 0.350. The Kier molecular flexibility index (Phi) is 6.75. The van der Waals surface area contributed by atoms with Gasteiger partial charge in [-0.15, -0.1) is 0 Å². The van der Waals surface area contributed by atoms with Crippen molar-refractivity contribution in [3.8, 4) is 0 Å². The van der Waals surface area contributed by atoms with Gasteiger partial charge in [0.15, 0.2) is 0 Å². The summed E-state index contributed by atoms with van der Waals surface area (Å²) in [4.78, 5) is 0. The monoisotopic (exact) mass is 285 g/mol. The summed E-state index contributed by atoms with van der Waals surface area (Å²) in [6.45, 7) is 4.62. The van der Waals surface area contributed by atoms with Crippen molar-refractivity contribution in [3.63, 3.8) is 0 Å². The van der Waals surface area contributed by atoms with Crippen LogP contribution in [0.2, 0.25) is 0 Å². The van der Waals surface area contributed by atoms with Crippen LogP contribution in [0.15, 0.2) is 0 Å². The van der Waals surface area contributed by atoms with Gasteiger partial charge < -0.3 is 19.5 Å². The largest absolute Gasteiger partial charge is 0.385 e. The van der Waals surface area contributed by atoms with Crippen molar-refractivity contribution < 1.29 is 14.2 Å². The van der Waals surface area contributed by atoms with E-state index in [-0.39, 0.29) is 0 Å². The highest BCUT2D eigenvalue weighted by Crippen LogP contribution is 2.50. The molecule has 1 saturated heterocycles. The normalized spacial score (nSPS) is 30.0. The van der Waals surface area contributed by atoms with Crippen LogP contribution in [0.25, 0.3) is 0 Å². The molecule has 1 N–H and O–H groups in total. The maximum absolute atomic E-state index is 6.10. The zero-order valence-corrected chi connectivity index (χ0v) is 13.2. The molecule has 0 bridgehead atoms. The lowest BCUT2D eigenvalue weighted by Gasteiger charge is -2.35. The molecule has 0 aromatic heterocycles. The molecule has 2 fully saturated rings. The first-order valence-electron chi connectivity index (χ1n) is 8.12. The Hall–Kier alpha value is -0.160. The Bertz CT molecular complexity index is 256. The molecule has 1 aliphatic heterocycles. The van der Waals surface area contributed by atoms with E-state index in [1.165, 1.54) is 32.1 Å². The van der Waals surface area contributed by atoms with Crippen molar-refractivity contribution in [1.29, 1.82) is 0 Å². The van der Waals surface area contributed by atoms with Crippen LogP contribution in [-0.2, 0) is 14.2 Å². The van der Waals surface area contributed by atoms with E-state index in [0.29, 0.717) is 11.5 Å². The van der Waals surface area contributed by atoms with Gasteiger partial charge in [-0.25, -0.2) is 0 Å². The fourth-order valence-corrected chi connectivity index (χ4v) is 3.52. The first kappa shape index (κ1) is 16.2. The fraction of sp³-hybridized carbons (Fsp3) is 1.00. The average Bonchev–Trinajstić information content (AvgIpc) is 3.22. The van der Waals surface area contributed by atoms with Gasteiger partial charge >= 0.3 is 0 Å². The third kappa shape index (κ3) is 4.42. The van der Waals surface area contributed by atoms with Crippen molar-refractivity contribution >= 4 is 0 Å². The molecule has 20 heavy (non-hydrogen) atoms. The van der Waals surface area contributed by atoms with E-state index in [1.54, 1.807) is 14.2 Å². The van der Waals surface area contributed by atoms with Gasteiger partial charge in [0, 0.05) is 45.9 Å². The van der Waals surface area contributed by atoms with E-state index in [2.05, 4.69) is 5.32 Å². The van der Waals surface area contributed by atoms with E-state index < -0.39 is 0 Å². The number of methoxy groups -OCH3 is 2. The van der Waals surface area contributed by atoms with E-state index in [4.69, 9.17) is 14.2 Å². The van der Waals surface area contributed by atoms with Crippen LogP contribution in [-0.4, -0.2) is 53.2 Å². The van der Waals surface area contributed by atoms with Gasteiger partial charge in [0.1, 0.15) is 0 Å². The SMILES string of the molecule is COCCCCC1(CNCCOC)CCOC1C1CC1. The first-order chi connectivity index (χ1) is 9.82. The summed E-state index contributed by atoms with van der Waals surface area (Å²) < 4.78 is 16.4. The number of hydrogen-bond acceptors (Lipinski definition) is 4. The molecule has 0 aromatic carbocycles. The van der Waals surface area contributed by atoms with Gasteiger partial charge in [0.05, 0.1) is 12.7 Å². The molecule has 118 valence electrons. The first-order valence-corrected chi connectivity index (χ1v) is 8.12. The second kappa shape index (κ2) is 8.32. The molecule has 1 aliphatic carbocycles. The Morgan fingerprint density at radius 3 is 2.65 bits per heavy atom. The zero-order valence-electron chi connectivity index (χ0n) is 13.2. The third-order valence-corrected chi connectivity index (χ3v) is 4.78. The summed E-state index contributed by atoms with van der Waals surface area (Å²) in [5.74, 6) is 0.823. The standard InChI is InChI=1S/C16H31NO3/c1-18-10-4-3-7-16(13-17-9-12-19-2)8-11-20-15(16)14-5-6-14/h14-15,17H,3-13H2,1-2H3. The van der Waals surface area contributed by atoms with Crippen LogP contribution in [0.5, 0.6) is 0 Å². The highest BCUT2D eigenvalue weighted by atomic mass is 16.5. The molecular formula is C16H31NO3. The van der Waals surface area contributed by atoms with Gasteiger partial charge in [0.2, 0.25) is 0 Å². The Morgan fingerprint density at radius 2 is 1.95 bits per heavy atom. The van der Waals surface area contributed by atoms with E-state index in [1.807, 2.05) is 0 Å². The maximum atomic E-state index is 6.10. The lowest BCUT2D eigenvalue weighted by Crippen LogP contribution is -2.42. The minimum atomic E-state index is 0.350. The van der Waals surface area contributed by atoms with Crippen molar-refractivity contribution in [2.45, 2.75) is 44.6 Å². The predicted octanol–water partition coefficient (Wildman–Crippen LogP) is 2.22. The molecule has 2 aliphatic rings. The lowest BCUT2D eigenvalue weighted by atomic mass is 9.74. The fourth-order valence-electron chi connectivity index (χ4n) is 3.52. The molecule has 2 atom stereocenters. The topological polar surface area (TPSA) is 39.7 Å². The van der Waals surface area contributed by atoms with E-state index in [9.17, 15) is 0 Å². The minimum absolute atomic E-state index is 0.350. The van der Waals surface area contributed by atoms with Crippen molar-refractivity contribution in [2.75, 3.05) is 47.1 Å². The van der Waals surface area contributed by atoms with Crippen LogP contribution in [0.3, 0.4) is 0 Å². The quantitative estimate of drug-likeness (QED) is 0.591. The molecule has 4 heteroatoms. The number of hydrogen-bond donors (Lipinski definition) is 1. The van der Waals surface area contributed by atoms with Gasteiger partial charge in [0.25, 0.3) is 0 Å². The predicted molar refractivity (Wildman–Crippen MR) is 80.0 cm³/mol. The van der Waals surface area contributed by atoms with Gasteiger partial charge in [-0.1, -0.05) is 6.42 Å². The second-order valence-corrected chi connectivity index (χ2v) is 6.36. The average molecular weight is 285 g/mol. The van der Waals surface area contributed by atoms with Crippen LogP contribution >= 0.6 is 0 Å². The second-order valence-electron chi connectivity index (χ2n) is 6.36. The van der Waals surface area contributed by atoms with E-state index in [0.717, 1.165) is 45.2 Å². The molecule has 0 amide bonds. The Balaban J connectivity index is 1.84. The molecule has 2 unspecified atom stereocenters. The molecular weight excluding hydrogens is 254 g/mol. The molecule has 2 rings (SSSR count). The maximum Gasteiger partial charge on any atom is 0.0672 e. The molecule has 1 saturated carbocycles. The van der Waals surface area contributed by atoms with Crippen LogP contribution < -0.4 is 5.32 Å². The molecule has 4 nitrogen and oxygen atoms in total. The lowest BCUT2D eigenvalue weighted by molar-refractivity contribution is 0.0238. The summed E-state index contributed by atoms with van der Waals surface area (Å²) in [5, 5.41) is 3.59. The summed E-state index contributed by atoms with van der Waals surface area (Å²) >= 11 is 0. The number of ether oxygens (including phenoxy) is 3. The number of nitrogens with one attached hydrogen (secondary N) is 1. The highest BCUT2D eigenvalue weighted by Gasteiger charge is 2.50. The Morgan fingerprint density at radius 1 is 1.15 bits per heavy atom. The van der Waals surface area contributed by atoms with Crippen molar-refractivity contribution in [1.82, 2.24) is 5.32 Å².